The van der Waals surface area contributed by atoms with Gasteiger partial charge in [0, 0.05) is 14.1 Å². The molecule has 132 valence electrons. The SMILES string of the molecule is [2H]c1cc([C@]2(C#N)O[C@H](C([2H])([2H])O)[C@@H](O)[C@H]2O)n2ncnc(N=CN(C)C)c12. The zero-order valence-corrected chi connectivity index (χ0v) is 13.4. The summed E-state index contributed by atoms with van der Waals surface area (Å²) < 4.78 is 29.4. The van der Waals surface area contributed by atoms with Crippen molar-refractivity contribution >= 4 is 17.7 Å². The number of aliphatic hydroxyl groups excluding tert-OH is 2. The Hall–Kier alpha value is -2.58. The van der Waals surface area contributed by atoms with Crippen molar-refractivity contribution in [2.75, 3.05) is 20.7 Å². The van der Waals surface area contributed by atoms with Gasteiger partial charge in [0.2, 0.25) is 5.60 Å². The summed E-state index contributed by atoms with van der Waals surface area (Å²) in [4.78, 5) is 9.80. The van der Waals surface area contributed by atoms with Crippen molar-refractivity contribution < 1.29 is 24.2 Å². The number of aliphatic hydroxyl groups is 3. The van der Waals surface area contributed by atoms with E-state index in [0.29, 0.717) is 0 Å². The van der Waals surface area contributed by atoms with Crippen LogP contribution in [0.25, 0.3) is 5.52 Å². The standard InChI is InChI=1S/C15H18N6O4/c1-20(2)8-18-14-9-3-4-11(21(9)19-7-17-14)15(6-16)13(24)12(23)10(5-22)25-15/h3-4,7-8,10,12-13,22-24H,5H2,1-2H3/t10-,12-,13-,15+/m1/s1/i3D,5D2. The normalized spacial score (nSPS) is 31.7. The molecule has 0 radical (unpaired) electrons. The summed E-state index contributed by atoms with van der Waals surface area (Å²) in [7, 11) is 3.48. The van der Waals surface area contributed by atoms with Gasteiger partial charge >= 0.3 is 0 Å². The molecular weight excluding hydrogens is 328 g/mol. The highest BCUT2D eigenvalue weighted by molar-refractivity contribution is 5.71. The lowest BCUT2D eigenvalue weighted by atomic mass is 9.92. The second kappa shape index (κ2) is 6.38. The smallest absolute Gasteiger partial charge is 0.225 e. The van der Waals surface area contributed by atoms with E-state index in [9.17, 15) is 20.6 Å². The van der Waals surface area contributed by atoms with Gasteiger partial charge in [-0.25, -0.2) is 14.5 Å². The van der Waals surface area contributed by atoms with Crippen molar-refractivity contribution in [3.05, 3.63) is 24.1 Å². The molecule has 3 N–H and O–H groups in total. The number of rotatable bonds is 4. The monoisotopic (exact) mass is 349 g/mol. The fourth-order valence-electron chi connectivity index (χ4n) is 2.59. The summed E-state index contributed by atoms with van der Waals surface area (Å²) in [6, 6.07) is 2.79. The number of fused-ring (bicyclic) bond motifs is 1. The van der Waals surface area contributed by atoms with Crippen LogP contribution in [0.5, 0.6) is 0 Å². The van der Waals surface area contributed by atoms with Gasteiger partial charge in [-0.1, -0.05) is 0 Å². The molecular formula is C15H18N6O4. The number of nitriles is 1. The fourth-order valence-corrected chi connectivity index (χ4v) is 2.59. The molecule has 0 saturated carbocycles. The van der Waals surface area contributed by atoms with E-state index in [4.69, 9.17) is 8.85 Å². The molecule has 3 rings (SSSR count). The molecule has 1 aliphatic rings. The first-order chi connectivity index (χ1) is 13.0. The molecule has 1 fully saturated rings. The number of hydrogen-bond donors (Lipinski definition) is 3. The van der Waals surface area contributed by atoms with Crippen molar-refractivity contribution in [1.82, 2.24) is 19.5 Å². The molecule has 0 aliphatic carbocycles. The summed E-state index contributed by atoms with van der Waals surface area (Å²) in [6.45, 7) is -3.02. The van der Waals surface area contributed by atoms with E-state index >= 15 is 0 Å². The highest BCUT2D eigenvalue weighted by atomic mass is 16.6. The lowest BCUT2D eigenvalue weighted by molar-refractivity contribution is -0.0643. The summed E-state index contributed by atoms with van der Waals surface area (Å²) in [5.41, 5.74) is -2.29. The highest BCUT2D eigenvalue weighted by Crippen LogP contribution is 2.40. The van der Waals surface area contributed by atoms with Gasteiger partial charge in [-0.15, -0.1) is 0 Å². The number of aliphatic imine (C=N–C) groups is 1. The van der Waals surface area contributed by atoms with Crippen molar-refractivity contribution in [3.8, 4) is 6.07 Å². The Morgan fingerprint density at radius 1 is 1.64 bits per heavy atom. The third-order valence-corrected chi connectivity index (χ3v) is 3.79. The van der Waals surface area contributed by atoms with Gasteiger partial charge in [-0.2, -0.15) is 10.4 Å². The van der Waals surface area contributed by atoms with E-state index in [1.165, 1.54) is 12.4 Å². The van der Waals surface area contributed by atoms with Crippen LogP contribution >= 0.6 is 0 Å². The van der Waals surface area contributed by atoms with Crippen LogP contribution in [0.15, 0.2) is 23.4 Å². The maximum atomic E-state index is 10.5. The number of nitrogens with zero attached hydrogens (tertiary/aromatic N) is 6. The lowest BCUT2D eigenvalue weighted by Gasteiger charge is -2.24. The number of ether oxygens (including phenoxy) is 1. The average Bonchev–Trinajstić information content (AvgIpc) is 3.10. The van der Waals surface area contributed by atoms with Crippen LogP contribution in [0.2, 0.25) is 0 Å². The first kappa shape index (κ1) is 13.7. The second-order valence-corrected chi connectivity index (χ2v) is 5.68. The molecule has 2 aromatic heterocycles. The maximum Gasteiger partial charge on any atom is 0.225 e. The summed E-state index contributed by atoms with van der Waals surface area (Å²) in [6.07, 6.45) is -3.12. The van der Waals surface area contributed by atoms with Crippen molar-refractivity contribution in [1.29, 1.82) is 5.26 Å². The molecule has 2 aromatic rings. The second-order valence-electron chi connectivity index (χ2n) is 5.68. The molecule has 0 bridgehead atoms. The Morgan fingerprint density at radius 3 is 3.00 bits per heavy atom. The predicted molar refractivity (Wildman–Crippen MR) is 86.1 cm³/mol. The van der Waals surface area contributed by atoms with Crippen LogP contribution in [0.1, 0.15) is 9.81 Å². The molecule has 1 saturated heterocycles. The van der Waals surface area contributed by atoms with E-state index < -0.39 is 30.5 Å². The zero-order valence-electron chi connectivity index (χ0n) is 16.4. The van der Waals surface area contributed by atoms with Crippen LogP contribution in [-0.4, -0.2) is 80.1 Å². The van der Waals surface area contributed by atoms with Gasteiger partial charge in [-0.05, 0) is 12.1 Å². The minimum atomic E-state index is -3.02. The van der Waals surface area contributed by atoms with E-state index in [2.05, 4.69) is 15.1 Å². The predicted octanol–water partition coefficient (Wildman–Crippen LogP) is -1.22. The van der Waals surface area contributed by atoms with Crippen molar-refractivity contribution in [2.24, 2.45) is 4.99 Å². The quantitative estimate of drug-likeness (QED) is 0.461. The molecule has 10 heteroatoms. The maximum absolute atomic E-state index is 10.5. The van der Waals surface area contributed by atoms with E-state index in [1.54, 1.807) is 25.1 Å². The van der Waals surface area contributed by atoms with E-state index in [-0.39, 0.29) is 23.1 Å². The molecule has 3 heterocycles. The highest BCUT2D eigenvalue weighted by Gasteiger charge is 2.57. The number of aromatic nitrogens is 3. The summed E-state index contributed by atoms with van der Waals surface area (Å²) >= 11 is 0. The van der Waals surface area contributed by atoms with Crippen molar-refractivity contribution in [3.63, 3.8) is 0 Å². The summed E-state index contributed by atoms with van der Waals surface area (Å²) in [5.74, 6) is 0.120. The van der Waals surface area contributed by atoms with Crippen LogP contribution in [0.3, 0.4) is 0 Å². The third kappa shape index (κ3) is 2.63. The largest absolute Gasteiger partial charge is 0.394 e. The van der Waals surface area contributed by atoms with Crippen LogP contribution in [0.4, 0.5) is 5.82 Å². The van der Waals surface area contributed by atoms with Crippen LogP contribution < -0.4 is 0 Å². The molecule has 4 atom stereocenters. The molecule has 25 heavy (non-hydrogen) atoms. The topological polar surface area (TPSA) is 140 Å². The average molecular weight is 349 g/mol. The van der Waals surface area contributed by atoms with Gasteiger partial charge in [-0.3, -0.25) is 0 Å². The minimum absolute atomic E-state index is 0.117. The molecule has 0 unspecified atom stereocenters. The van der Waals surface area contributed by atoms with Gasteiger partial charge < -0.3 is 25.0 Å². The molecule has 0 aromatic carbocycles. The first-order valence-corrected chi connectivity index (χ1v) is 7.25. The van der Waals surface area contributed by atoms with Crippen LogP contribution in [-0.2, 0) is 10.3 Å². The minimum Gasteiger partial charge on any atom is -0.394 e. The molecule has 0 spiro atoms. The fraction of sp³-hybridized carbons (Fsp3) is 0.467. The molecule has 0 amide bonds. The Morgan fingerprint density at radius 2 is 2.40 bits per heavy atom. The Labute approximate surface area is 147 Å². The van der Waals surface area contributed by atoms with E-state index in [0.717, 1.165) is 10.8 Å². The molecule has 1 aliphatic heterocycles. The van der Waals surface area contributed by atoms with Gasteiger partial charge in [0.25, 0.3) is 0 Å². The van der Waals surface area contributed by atoms with Crippen LogP contribution in [0, 0.1) is 11.3 Å². The number of hydrogen-bond acceptors (Lipinski definition) is 8. The first-order valence-electron chi connectivity index (χ1n) is 8.75. The van der Waals surface area contributed by atoms with Gasteiger partial charge in [0.15, 0.2) is 5.82 Å². The van der Waals surface area contributed by atoms with Gasteiger partial charge in [0.05, 0.1) is 22.7 Å². The Kier molecular flexibility index (Phi) is 3.49. The third-order valence-electron chi connectivity index (χ3n) is 3.79. The lowest BCUT2D eigenvalue weighted by Crippen LogP contribution is -2.40. The Bertz CT molecular complexity index is 969. The van der Waals surface area contributed by atoms with Gasteiger partial charge in [0.1, 0.15) is 36.2 Å². The molecule has 10 nitrogen and oxygen atoms in total. The zero-order chi connectivity index (χ0) is 20.9. The van der Waals surface area contributed by atoms with E-state index in [1.807, 2.05) is 0 Å². The Balaban J connectivity index is 2.21. The summed E-state index contributed by atoms with van der Waals surface area (Å²) in [5, 5.41) is 44.0. The van der Waals surface area contributed by atoms with Crippen molar-refractivity contribution in [2.45, 2.75) is 23.9 Å².